The first-order chi connectivity index (χ1) is 10.0. The van der Waals surface area contributed by atoms with Gasteiger partial charge in [0.1, 0.15) is 5.92 Å². The highest BCUT2D eigenvalue weighted by atomic mass is 35.5. The van der Waals surface area contributed by atoms with Crippen LogP contribution in [0, 0.1) is 17.2 Å². The van der Waals surface area contributed by atoms with Gasteiger partial charge in [-0.15, -0.1) is 12.6 Å². The zero-order valence-corrected chi connectivity index (χ0v) is 12.6. The van der Waals surface area contributed by atoms with Gasteiger partial charge in [0, 0.05) is 10.9 Å². The van der Waals surface area contributed by atoms with Crippen molar-refractivity contribution in [2.75, 3.05) is 7.11 Å². The Balaban J connectivity index is 2.66. The summed E-state index contributed by atoms with van der Waals surface area (Å²) in [5.74, 6) is -3.31. The van der Waals surface area contributed by atoms with Crippen molar-refractivity contribution in [1.29, 1.82) is 5.26 Å². The van der Waals surface area contributed by atoms with Crippen LogP contribution in [0.15, 0.2) is 34.9 Å². The fourth-order valence-corrected chi connectivity index (χ4v) is 2.83. The predicted molar refractivity (Wildman–Crippen MR) is 79.5 cm³/mol. The summed E-state index contributed by atoms with van der Waals surface area (Å²) in [6.45, 7) is 0. The number of esters is 1. The molecule has 0 saturated heterocycles. The Labute approximate surface area is 131 Å². The molecule has 2 rings (SSSR count). The fourth-order valence-electron chi connectivity index (χ4n) is 2.28. The molecule has 1 aromatic carbocycles. The van der Waals surface area contributed by atoms with E-state index in [1.807, 2.05) is 6.07 Å². The highest BCUT2D eigenvalue weighted by Crippen LogP contribution is 2.40. The first-order valence-electron chi connectivity index (χ1n) is 5.97. The van der Waals surface area contributed by atoms with Gasteiger partial charge in [-0.25, -0.2) is 0 Å². The second-order valence-electron chi connectivity index (χ2n) is 4.36. The topological polar surface area (TPSA) is 79.2 Å². The molecular formula is C14H11ClN2O3S. The van der Waals surface area contributed by atoms with E-state index < -0.39 is 23.7 Å². The molecular weight excluding hydrogens is 312 g/mol. The third-order valence-electron chi connectivity index (χ3n) is 3.24. The number of thiol groups is 1. The third-order valence-corrected chi connectivity index (χ3v) is 3.94. The van der Waals surface area contributed by atoms with Gasteiger partial charge in [-0.05, 0) is 11.6 Å². The summed E-state index contributed by atoms with van der Waals surface area (Å²) in [4.78, 5) is 24.1. The number of methoxy groups -OCH3 is 1. The number of benzene rings is 1. The van der Waals surface area contributed by atoms with E-state index in [2.05, 4.69) is 22.7 Å². The predicted octanol–water partition coefficient (Wildman–Crippen LogP) is 2.01. The minimum Gasteiger partial charge on any atom is -0.468 e. The van der Waals surface area contributed by atoms with E-state index >= 15 is 0 Å². The molecule has 0 saturated carbocycles. The number of hydrogen-bond donors (Lipinski definition) is 2. The Morgan fingerprint density at radius 3 is 2.71 bits per heavy atom. The second kappa shape index (κ2) is 6.20. The van der Waals surface area contributed by atoms with Crippen LogP contribution >= 0.6 is 24.2 Å². The number of nitriles is 1. The molecule has 1 aliphatic heterocycles. The fraction of sp³-hybridized carbons (Fsp3) is 0.214. The Bertz CT molecular complexity index is 681. The standard InChI is InChI=1S/C14H11ClN2O3S/c1-20-14(19)11-10(7-4-2-3-5-9(7)15)8(6-16)13(21)17-12(11)18/h2-5,10-11,21H,1H3,(H,17,18)/t10-,11+/m0/s1. The average Bonchev–Trinajstić information content (AvgIpc) is 2.46. The zero-order valence-electron chi connectivity index (χ0n) is 11.0. The molecule has 7 heteroatoms. The summed E-state index contributed by atoms with van der Waals surface area (Å²) in [6, 6.07) is 8.72. The molecule has 0 aliphatic carbocycles. The van der Waals surface area contributed by atoms with Crippen molar-refractivity contribution in [1.82, 2.24) is 5.32 Å². The molecule has 1 heterocycles. The van der Waals surface area contributed by atoms with E-state index in [4.69, 9.17) is 11.6 Å². The molecule has 21 heavy (non-hydrogen) atoms. The molecule has 1 N–H and O–H groups in total. The van der Waals surface area contributed by atoms with Crippen molar-refractivity contribution in [3.63, 3.8) is 0 Å². The molecule has 0 unspecified atom stereocenters. The van der Waals surface area contributed by atoms with Crippen molar-refractivity contribution in [2.24, 2.45) is 5.92 Å². The quantitative estimate of drug-likeness (QED) is 0.496. The lowest BCUT2D eigenvalue weighted by molar-refractivity contribution is -0.150. The number of ether oxygens (including phenoxy) is 1. The summed E-state index contributed by atoms with van der Waals surface area (Å²) in [5, 5.41) is 12.2. The molecule has 0 aromatic heterocycles. The van der Waals surface area contributed by atoms with Crippen LogP contribution in [0.3, 0.4) is 0 Å². The number of rotatable bonds is 2. The maximum Gasteiger partial charge on any atom is 0.319 e. The molecule has 0 radical (unpaired) electrons. The van der Waals surface area contributed by atoms with Crippen molar-refractivity contribution in [3.05, 3.63) is 45.5 Å². The van der Waals surface area contributed by atoms with Crippen LogP contribution in [0.5, 0.6) is 0 Å². The Hall–Kier alpha value is -1.97. The van der Waals surface area contributed by atoms with Gasteiger partial charge in [-0.2, -0.15) is 5.26 Å². The summed E-state index contributed by atoms with van der Waals surface area (Å²) in [6.07, 6.45) is 0. The zero-order chi connectivity index (χ0) is 15.6. The van der Waals surface area contributed by atoms with Gasteiger partial charge in [-0.3, -0.25) is 9.59 Å². The van der Waals surface area contributed by atoms with Crippen LogP contribution < -0.4 is 5.32 Å². The smallest absolute Gasteiger partial charge is 0.319 e. The maximum absolute atomic E-state index is 12.1. The van der Waals surface area contributed by atoms with Crippen LogP contribution in [-0.4, -0.2) is 19.0 Å². The Morgan fingerprint density at radius 2 is 2.14 bits per heavy atom. The molecule has 0 bridgehead atoms. The lowest BCUT2D eigenvalue weighted by atomic mass is 9.78. The average molecular weight is 323 g/mol. The van der Waals surface area contributed by atoms with Gasteiger partial charge >= 0.3 is 5.97 Å². The van der Waals surface area contributed by atoms with Gasteiger partial charge in [0.15, 0.2) is 0 Å². The van der Waals surface area contributed by atoms with Crippen molar-refractivity contribution >= 4 is 36.1 Å². The van der Waals surface area contributed by atoms with Gasteiger partial charge in [-0.1, -0.05) is 29.8 Å². The maximum atomic E-state index is 12.1. The first-order valence-corrected chi connectivity index (χ1v) is 6.80. The van der Waals surface area contributed by atoms with Crippen molar-refractivity contribution in [2.45, 2.75) is 5.92 Å². The van der Waals surface area contributed by atoms with Gasteiger partial charge in [0.2, 0.25) is 5.91 Å². The van der Waals surface area contributed by atoms with E-state index in [1.54, 1.807) is 24.3 Å². The highest BCUT2D eigenvalue weighted by Gasteiger charge is 2.44. The number of allylic oxidation sites excluding steroid dienone is 1. The first kappa shape index (κ1) is 15.4. The summed E-state index contributed by atoms with van der Waals surface area (Å²) in [7, 11) is 1.19. The largest absolute Gasteiger partial charge is 0.468 e. The molecule has 2 atom stereocenters. The number of nitrogens with one attached hydrogen (secondary N) is 1. The third kappa shape index (κ3) is 2.75. The van der Waals surface area contributed by atoms with Crippen LogP contribution in [-0.2, 0) is 14.3 Å². The van der Waals surface area contributed by atoms with Crippen molar-refractivity contribution in [3.8, 4) is 6.07 Å². The molecule has 108 valence electrons. The molecule has 0 spiro atoms. The minimum absolute atomic E-state index is 0.118. The van der Waals surface area contributed by atoms with Crippen molar-refractivity contribution < 1.29 is 14.3 Å². The van der Waals surface area contributed by atoms with E-state index in [0.29, 0.717) is 10.6 Å². The monoisotopic (exact) mass is 322 g/mol. The van der Waals surface area contributed by atoms with E-state index in [9.17, 15) is 14.9 Å². The number of hydrogen-bond acceptors (Lipinski definition) is 5. The lowest BCUT2D eigenvalue weighted by Gasteiger charge is -2.30. The van der Waals surface area contributed by atoms with Gasteiger partial charge < -0.3 is 10.1 Å². The normalized spacial score (nSPS) is 21.5. The molecule has 0 fully saturated rings. The summed E-state index contributed by atoms with van der Waals surface area (Å²) < 4.78 is 4.68. The number of halogens is 1. The van der Waals surface area contributed by atoms with Crippen LogP contribution in [0.25, 0.3) is 0 Å². The van der Waals surface area contributed by atoms with Crippen LogP contribution in [0.1, 0.15) is 11.5 Å². The number of carbonyl (C=O) groups is 2. The highest BCUT2D eigenvalue weighted by molar-refractivity contribution is 7.84. The van der Waals surface area contributed by atoms with Gasteiger partial charge in [0.05, 0.1) is 23.8 Å². The summed E-state index contributed by atoms with van der Waals surface area (Å²) in [5.41, 5.74) is 0.675. The van der Waals surface area contributed by atoms with Crippen LogP contribution in [0.2, 0.25) is 5.02 Å². The van der Waals surface area contributed by atoms with Crippen LogP contribution in [0.4, 0.5) is 0 Å². The number of carbonyl (C=O) groups excluding carboxylic acids is 2. The van der Waals surface area contributed by atoms with E-state index in [-0.39, 0.29) is 10.6 Å². The minimum atomic E-state index is -1.18. The van der Waals surface area contributed by atoms with Gasteiger partial charge in [0.25, 0.3) is 0 Å². The lowest BCUT2D eigenvalue weighted by Crippen LogP contribution is -2.43. The number of nitrogens with zero attached hydrogens (tertiary/aromatic N) is 1. The van der Waals surface area contributed by atoms with E-state index in [0.717, 1.165) is 0 Å². The molecule has 5 nitrogen and oxygen atoms in total. The molecule has 1 amide bonds. The molecule has 1 aliphatic rings. The number of amides is 1. The molecule has 1 aromatic rings. The van der Waals surface area contributed by atoms with E-state index in [1.165, 1.54) is 7.11 Å². The SMILES string of the molecule is COC(=O)[C@H]1C(=O)NC(S)=C(C#N)[C@@H]1c1ccccc1Cl. The summed E-state index contributed by atoms with van der Waals surface area (Å²) >= 11 is 10.3. The Kier molecular flexibility index (Phi) is 4.56. The second-order valence-corrected chi connectivity index (χ2v) is 5.22. The Morgan fingerprint density at radius 1 is 1.48 bits per heavy atom.